The third-order valence-electron chi connectivity index (χ3n) is 4.57. The molecule has 2 aromatic carbocycles. The number of para-hydroxylation sites is 2. The fourth-order valence-corrected chi connectivity index (χ4v) is 3.98. The van der Waals surface area contributed by atoms with Gasteiger partial charge in [0.1, 0.15) is 0 Å². The molecule has 4 rings (SSSR count). The van der Waals surface area contributed by atoms with Crippen LogP contribution in [0.4, 0.5) is 0 Å². The van der Waals surface area contributed by atoms with Crippen LogP contribution >= 0.6 is 11.8 Å². The molecule has 28 heavy (non-hydrogen) atoms. The predicted molar refractivity (Wildman–Crippen MR) is 110 cm³/mol. The molecule has 2 aromatic heterocycles. The van der Waals surface area contributed by atoms with Gasteiger partial charge in [0.2, 0.25) is 11.7 Å². The number of hydrogen-bond donors (Lipinski definition) is 0. The molecule has 142 valence electrons. The number of thioether (sulfide) groups is 1. The average molecular weight is 393 g/mol. The second-order valence-electron chi connectivity index (χ2n) is 6.64. The molecular weight excluding hydrogens is 374 g/mol. The number of carbonyl (C=O) groups excluding carboxylic acids is 1. The molecular formula is C20H19N5O2S. The predicted octanol–water partition coefficient (Wildman–Crippen LogP) is 2.52. The zero-order valence-electron chi connectivity index (χ0n) is 15.8. The molecule has 0 N–H and O–H groups in total. The van der Waals surface area contributed by atoms with Gasteiger partial charge in [-0.3, -0.25) is 14.0 Å². The van der Waals surface area contributed by atoms with E-state index in [0.717, 1.165) is 16.8 Å². The number of rotatable bonds is 4. The van der Waals surface area contributed by atoms with Gasteiger partial charge in [0.15, 0.2) is 5.16 Å². The monoisotopic (exact) mass is 393 g/mol. The first-order valence-corrected chi connectivity index (χ1v) is 9.75. The lowest BCUT2D eigenvalue weighted by Crippen LogP contribution is -2.24. The van der Waals surface area contributed by atoms with E-state index in [1.807, 2.05) is 53.8 Å². The van der Waals surface area contributed by atoms with E-state index in [-0.39, 0.29) is 17.2 Å². The maximum atomic E-state index is 13.3. The Balaban J connectivity index is 2.01. The van der Waals surface area contributed by atoms with Gasteiger partial charge in [0.25, 0.3) is 5.56 Å². The molecule has 0 aliphatic rings. The molecule has 0 aliphatic heterocycles. The van der Waals surface area contributed by atoms with Gasteiger partial charge < -0.3 is 4.90 Å². The van der Waals surface area contributed by atoms with Crippen LogP contribution in [-0.4, -0.2) is 49.8 Å². The highest BCUT2D eigenvalue weighted by molar-refractivity contribution is 7.99. The first kappa shape index (κ1) is 18.2. The largest absolute Gasteiger partial charge is 0.348 e. The summed E-state index contributed by atoms with van der Waals surface area (Å²) in [7, 11) is 3.44. The van der Waals surface area contributed by atoms with E-state index in [4.69, 9.17) is 0 Å². The summed E-state index contributed by atoms with van der Waals surface area (Å²) in [6.45, 7) is 1.95. The second kappa shape index (κ2) is 7.12. The average Bonchev–Trinajstić information content (AvgIpc) is 3.11. The third-order valence-corrected chi connectivity index (χ3v) is 5.49. The lowest BCUT2D eigenvalue weighted by Gasteiger charge is -2.13. The number of aromatic nitrogens is 4. The fourth-order valence-electron chi connectivity index (χ4n) is 3.06. The van der Waals surface area contributed by atoms with Crippen molar-refractivity contribution < 1.29 is 4.79 Å². The molecule has 0 aliphatic carbocycles. The quantitative estimate of drug-likeness (QED) is 0.498. The summed E-state index contributed by atoms with van der Waals surface area (Å²) in [6, 6.07) is 15.0. The van der Waals surface area contributed by atoms with E-state index >= 15 is 0 Å². The maximum absolute atomic E-state index is 13.3. The Hall–Kier alpha value is -3.13. The van der Waals surface area contributed by atoms with Gasteiger partial charge >= 0.3 is 0 Å². The van der Waals surface area contributed by atoms with E-state index in [9.17, 15) is 9.59 Å². The van der Waals surface area contributed by atoms with E-state index in [0.29, 0.717) is 16.3 Å². The molecule has 0 bridgehead atoms. The van der Waals surface area contributed by atoms with Gasteiger partial charge in [0.05, 0.1) is 22.3 Å². The molecule has 0 radical (unpaired) electrons. The first-order chi connectivity index (χ1) is 13.5. The minimum Gasteiger partial charge on any atom is -0.348 e. The number of hydrogen-bond acceptors (Lipinski definition) is 5. The van der Waals surface area contributed by atoms with Crippen LogP contribution in [0.2, 0.25) is 0 Å². The molecule has 7 nitrogen and oxygen atoms in total. The van der Waals surface area contributed by atoms with Crippen LogP contribution in [-0.2, 0) is 4.79 Å². The van der Waals surface area contributed by atoms with Crippen LogP contribution in [0.1, 0.15) is 5.56 Å². The van der Waals surface area contributed by atoms with Crippen molar-refractivity contribution in [1.82, 2.24) is 24.1 Å². The Labute approximate surface area is 165 Å². The molecule has 0 saturated carbocycles. The Morgan fingerprint density at radius 2 is 1.79 bits per heavy atom. The number of fused-ring (bicyclic) bond motifs is 3. The van der Waals surface area contributed by atoms with Crippen molar-refractivity contribution in [3.8, 4) is 5.69 Å². The van der Waals surface area contributed by atoms with Gasteiger partial charge in [-0.25, -0.2) is 4.57 Å². The summed E-state index contributed by atoms with van der Waals surface area (Å²) in [4.78, 5) is 26.8. The molecule has 0 fully saturated rings. The summed E-state index contributed by atoms with van der Waals surface area (Å²) in [5.41, 5.74) is 2.29. The van der Waals surface area contributed by atoms with Crippen LogP contribution in [0.3, 0.4) is 0 Å². The minimum absolute atomic E-state index is 0.0155. The van der Waals surface area contributed by atoms with Crippen molar-refractivity contribution in [3.63, 3.8) is 0 Å². The first-order valence-electron chi connectivity index (χ1n) is 8.77. The lowest BCUT2D eigenvalue weighted by molar-refractivity contribution is -0.125. The van der Waals surface area contributed by atoms with Crippen molar-refractivity contribution in [3.05, 3.63) is 64.4 Å². The zero-order valence-corrected chi connectivity index (χ0v) is 16.6. The Kier molecular flexibility index (Phi) is 4.64. The van der Waals surface area contributed by atoms with Crippen LogP contribution < -0.4 is 5.56 Å². The maximum Gasteiger partial charge on any atom is 0.267 e. The highest BCUT2D eigenvalue weighted by Crippen LogP contribution is 2.24. The highest BCUT2D eigenvalue weighted by atomic mass is 32.2. The smallest absolute Gasteiger partial charge is 0.267 e. The molecule has 0 atom stereocenters. The molecule has 0 spiro atoms. The molecule has 8 heteroatoms. The SMILES string of the molecule is Cc1ccccc1-n1c(=O)c2ccccc2n2c(SCC(=O)N(C)C)nnc12. The van der Waals surface area contributed by atoms with Gasteiger partial charge in [-0.15, -0.1) is 10.2 Å². The molecule has 0 saturated heterocycles. The van der Waals surface area contributed by atoms with Crippen LogP contribution in [0, 0.1) is 6.92 Å². The van der Waals surface area contributed by atoms with Crippen molar-refractivity contribution in [2.45, 2.75) is 12.1 Å². The molecule has 0 unspecified atom stereocenters. The van der Waals surface area contributed by atoms with Gasteiger partial charge in [-0.05, 0) is 30.7 Å². The number of amides is 1. The normalized spacial score (nSPS) is 11.2. The van der Waals surface area contributed by atoms with Crippen molar-refractivity contribution in [2.75, 3.05) is 19.8 Å². The Morgan fingerprint density at radius 1 is 1.07 bits per heavy atom. The molecule has 1 amide bonds. The van der Waals surface area contributed by atoms with Crippen LogP contribution in [0.25, 0.3) is 22.4 Å². The fraction of sp³-hybridized carbons (Fsp3) is 0.200. The standard InChI is InChI=1S/C20H19N5O2S/c1-13-8-4-6-10-15(13)24-18(27)14-9-5-7-11-16(14)25-19(24)21-22-20(25)28-12-17(26)23(2)3/h4-11H,12H2,1-3H3. The second-order valence-corrected chi connectivity index (χ2v) is 7.58. The number of aryl methyl sites for hydroxylation is 1. The van der Waals surface area contributed by atoms with E-state index in [1.165, 1.54) is 16.7 Å². The summed E-state index contributed by atoms with van der Waals surface area (Å²) < 4.78 is 3.43. The van der Waals surface area contributed by atoms with E-state index in [1.54, 1.807) is 24.7 Å². The van der Waals surface area contributed by atoms with Crippen molar-refractivity contribution in [2.24, 2.45) is 0 Å². The van der Waals surface area contributed by atoms with Crippen LogP contribution in [0.5, 0.6) is 0 Å². The molecule has 4 aromatic rings. The highest BCUT2D eigenvalue weighted by Gasteiger charge is 2.19. The molecule has 2 heterocycles. The van der Waals surface area contributed by atoms with Gasteiger partial charge in [-0.2, -0.15) is 0 Å². The summed E-state index contributed by atoms with van der Waals surface area (Å²) in [5.74, 6) is 0.655. The number of benzene rings is 2. The topological polar surface area (TPSA) is 72.5 Å². The Bertz CT molecular complexity index is 1260. The van der Waals surface area contributed by atoms with Gasteiger partial charge in [0, 0.05) is 14.1 Å². The lowest BCUT2D eigenvalue weighted by atomic mass is 10.2. The summed E-state index contributed by atoms with van der Waals surface area (Å²) in [6.07, 6.45) is 0. The van der Waals surface area contributed by atoms with E-state index in [2.05, 4.69) is 10.2 Å². The van der Waals surface area contributed by atoms with E-state index < -0.39 is 0 Å². The Morgan fingerprint density at radius 3 is 2.54 bits per heavy atom. The number of nitrogens with zero attached hydrogens (tertiary/aromatic N) is 5. The summed E-state index contributed by atoms with van der Waals surface area (Å²) in [5, 5.41) is 9.72. The zero-order chi connectivity index (χ0) is 19.8. The van der Waals surface area contributed by atoms with Crippen molar-refractivity contribution in [1.29, 1.82) is 0 Å². The number of carbonyl (C=O) groups is 1. The van der Waals surface area contributed by atoms with Crippen LogP contribution in [0.15, 0.2) is 58.5 Å². The summed E-state index contributed by atoms with van der Waals surface area (Å²) >= 11 is 1.30. The van der Waals surface area contributed by atoms with Crippen molar-refractivity contribution >= 4 is 34.3 Å². The minimum atomic E-state index is -0.147. The third kappa shape index (κ3) is 2.95. The van der Waals surface area contributed by atoms with Gasteiger partial charge in [-0.1, -0.05) is 42.1 Å².